The standard InChI is InChI=1S/C21H25N3O2/c1-2-23-14-18(13-22-23)17-11-19-9-6-10-20(12-17)24(19)21(25)26-15-16-7-4-3-5-8-16/h3-5,7-8,11,13-14,19-20H,2,6,9-10,12,15H2,1H3. The van der Waals surface area contributed by atoms with Crippen molar-refractivity contribution in [3.05, 3.63) is 59.9 Å². The minimum absolute atomic E-state index is 0.130. The Hall–Kier alpha value is -2.56. The van der Waals surface area contributed by atoms with Crippen LogP contribution in [0.15, 0.2) is 48.8 Å². The summed E-state index contributed by atoms with van der Waals surface area (Å²) in [5.41, 5.74) is 3.51. The molecule has 136 valence electrons. The molecule has 0 spiro atoms. The van der Waals surface area contributed by atoms with Gasteiger partial charge in [-0.25, -0.2) is 4.79 Å². The molecular weight excluding hydrogens is 326 g/mol. The predicted octanol–water partition coefficient (Wildman–Crippen LogP) is 4.25. The quantitative estimate of drug-likeness (QED) is 0.827. The lowest BCUT2D eigenvalue weighted by molar-refractivity contribution is 0.0510. The number of hydrogen-bond donors (Lipinski definition) is 0. The van der Waals surface area contributed by atoms with Gasteiger partial charge < -0.3 is 4.74 Å². The monoisotopic (exact) mass is 351 g/mol. The molecule has 1 amide bonds. The number of nitrogens with zero attached hydrogens (tertiary/aromatic N) is 3. The first kappa shape index (κ1) is 16.9. The normalized spacial score (nSPS) is 22.0. The van der Waals surface area contributed by atoms with Gasteiger partial charge in [-0.1, -0.05) is 36.4 Å². The summed E-state index contributed by atoms with van der Waals surface area (Å²) in [5.74, 6) is 0. The first-order valence-electron chi connectivity index (χ1n) is 9.47. The number of rotatable bonds is 4. The number of aryl methyl sites for hydroxylation is 1. The van der Waals surface area contributed by atoms with Crippen molar-refractivity contribution in [3.63, 3.8) is 0 Å². The fourth-order valence-electron chi connectivity index (χ4n) is 4.02. The summed E-state index contributed by atoms with van der Waals surface area (Å²) in [4.78, 5) is 14.7. The van der Waals surface area contributed by atoms with Gasteiger partial charge in [0.15, 0.2) is 0 Å². The number of carbonyl (C=O) groups excluding carboxylic acids is 1. The van der Waals surface area contributed by atoms with E-state index in [4.69, 9.17) is 4.74 Å². The van der Waals surface area contributed by atoms with Gasteiger partial charge in [-0.15, -0.1) is 0 Å². The number of ether oxygens (including phenoxy) is 1. The third-order valence-corrected chi connectivity index (χ3v) is 5.38. The van der Waals surface area contributed by atoms with Crippen molar-refractivity contribution in [2.45, 2.75) is 57.8 Å². The van der Waals surface area contributed by atoms with Gasteiger partial charge in [0, 0.05) is 24.3 Å². The van der Waals surface area contributed by atoms with Crippen LogP contribution in [-0.4, -0.2) is 32.9 Å². The second-order valence-electron chi connectivity index (χ2n) is 7.08. The zero-order valence-corrected chi connectivity index (χ0v) is 15.2. The molecule has 1 aromatic heterocycles. The Morgan fingerprint density at radius 3 is 2.85 bits per heavy atom. The molecule has 1 fully saturated rings. The van der Waals surface area contributed by atoms with Crippen LogP contribution in [0, 0.1) is 0 Å². The molecule has 4 rings (SSSR count). The van der Waals surface area contributed by atoms with Crippen LogP contribution >= 0.6 is 0 Å². The highest BCUT2D eigenvalue weighted by atomic mass is 16.6. The van der Waals surface area contributed by atoms with E-state index in [0.717, 1.165) is 37.8 Å². The lowest BCUT2D eigenvalue weighted by Crippen LogP contribution is -2.51. The number of benzene rings is 1. The number of aromatic nitrogens is 2. The summed E-state index contributed by atoms with van der Waals surface area (Å²) in [6, 6.07) is 10.2. The van der Waals surface area contributed by atoms with Gasteiger partial charge in [0.25, 0.3) is 0 Å². The Kier molecular flexibility index (Phi) is 4.78. The van der Waals surface area contributed by atoms with Gasteiger partial charge in [0.1, 0.15) is 6.61 Å². The van der Waals surface area contributed by atoms with E-state index in [1.165, 1.54) is 11.1 Å². The van der Waals surface area contributed by atoms with E-state index in [2.05, 4.69) is 24.3 Å². The molecule has 1 aromatic carbocycles. The maximum atomic E-state index is 12.7. The molecule has 26 heavy (non-hydrogen) atoms. The molecule has 2 aliphatic heterocycles. The highest BCUT2D eigenvalue weighted by Gasteiger charge is 2.38. The van der Waals surface area contributed by atoms with E-state index < -0.39 is 0 Å². The molecule has 2 aromatic rings. The molecule has 0 aliphatic carbocycles. The van der Waals surface area contributed by atoms with Crippen LogP contribution in [0.1, 0.15) is 43.7 Å². The Balaban J connectivity index is 1.48. The fraction of sp³-hybridized carbons (Fsp3) is 0.429. The van der Waals surface area contributed by atoms with Crippen LogP contribution in [0.25, 0.3) is 5.57 Å². The predicted molar refractivity (Wildman–Crippen MR) is 100 cm³/mol. The van der Waals surface area contributed by atoms with Crippen molar-refractivity contribution in [3.8, 4) is 0 Å². The summed E-state index contributed by atoms with van der Waals surface area (Å²) in [7, 11) is 0. The smallest absolute Gasteiger partial charge is 0.410 e. The minimum Gasteiger partial charge on any atom is -0.445 e. The summed E-state index contributed by atoms with van der Waals surface area (Å²) in [6.45, 7) is 3.29. The topological polar surface area (TPSA) is 47.4 Å². The Labute approximate surface area is 154 Å². The third-order valence-electron chi connectivity index (χ3n) is 5.38. The van der Waals surface area contributed by atoms with Crippen LogP contribution in [0.3, 0.4) is 0 Å². The van der Waals surface area contributed by atoms with Crippen LogP contribution in [0.5, 0.6) is 0 Å². The van der Waals surface area contributed by atoms with E-state index >= 15 is 0 Å². The SMILES string of the molecule is CCn1cc(C2=CC3CCCC(C2)N3C(=O)OCc2ccccc2)cn1. The molecule has 2 atom stereocenters. The first-order chi connectivity index (χ1) is 12.7. The second-order valence-corrected chi connectivity index (χ2v) is 7.08. The van der Waals surface area contributed by atoms with E-state index in [1.54, 1.807) is 0 Å². The average Bonchev–Trinajstić information content (AvgIpc) is 3.15. The van der Waals surface area contributed by atoms with E-state index in [0.29, 0.717) is 6.61 Å². The molecule has 0 saturated carbocycles. The van der Waals surface area contributed by atoms with Gasteiger partial charge in [-0.05, 0) is 43.7 Å². The molecule has 2 unspecified atom stereocenters. The average molecular weight is 351 g/mol. The van der Waals surface area contributed by atoms with E-state index in [-0.39, 0.29) is 18.2 Å². The molecule has 2 aliphatic rings. The van der Waals surface area contributed by atoms with Gasteiger partial charge >= 0.3 is 6.09 Å². The minimum atomic E-state index is -0.192. The van der Waals surface area contributed by atoms with Crippen LogP contribution in [-0.2, 0) is 17.9 Å². The Morgan fingerprint density at radius 2 is 2.12 bits per heavy atom. The summed E-state index contributed by atoms with van der Waals surface area (Å²) < 4.78 is 7.56. The number of hydrogen-bond acceptors (Lipinski definition) is 3. The highest BCUT2D eigenvalue weighted by molar-refractivity contribution is 5.74. The molecule has 0 radical (unpaired) electrons. The van der Waals surface area contributed by atoms with Crippen molar-refractivity contribution in [2.24, 2.45) is 0 Å². The fourth-order valence-corrected chi connectivity index (χ4v) is 4.02. The van der Waals surface area contributed by atoms with Crippen molar-refractivity contribution in [1.82, 2.24) is 14.7 Å². The van der Waals surface area contributed by atoms with Crippen molar-refractivity contribution in [2.75, 3.05) is 0 Å². The number of amides is 1. The molecule has 2 bridgehead atoms. The summed E-state index contributed by atoms with van der Waals surface area (Å²) in [5, 5.41) is 4.39. The largest absolute Gasteiger partial charge is 0.445 e. The molecule has 5 heteroatoms. The van der Waals surface area contributed by atoms with Crippen LogP contribution in [0.2, 0.25) is 0 Å². The van der Waals surface area contributed by atoms with Crippen molar-refractivity contribution < 1.29 is 9.53 Å². The maximum Gasteiger partial charge on any atom is 0.410 e. The second kappa shape index (κ2) is 7.36. The van der Waals surface area contributed by atoms with Crippen LogP contribution < -0.4 is 0 Å². The molecule has 5 nitrogen and oxygen atoms in total. The number of carbonyl (C=O) groups is 1. The molecule has 1 saturated heterocycles. The Morgan fingerprint density at radius 1 is 1.27 bits per heavy atom. The lowest BCUT2D eigenvalue weighted by Gasteiger charge is -2.44. The molecule has 0 N–H and O–H groups in total. The maximum absolute atomic E-state index is 12.7. The van der Waals surface area contributed by atoms with Gasteiger partial charge in [-0.3, -0.25) is 9.58 Å². The van der Waals surface area contributed by atoms with E-state index in [9.17, 15) is 4.79 Å². The van der Waals surface area contributed by atoms with Gasteiger partial charge in [-0.2, -0.15) is 5.10 Å². The first-order valence-corrected chi connectivity index (χ1v) is 9.47. The van der Waals surface area contributed by atoms with Gasteiger partial charge in [0.05, 0.1) is 12.2 Å². The lowest BCUT2D eigenvalue weighted by atomic mass is 9.84. The van der Waals surface area contributed by atoms with Gasteiger partial charge in [0.2, 0.25) is 0 Å². The van der Waals surface area contributed by atoms with E-state index in [1.807, 2.05) is 46.1 Å². The number of fused-ring (bicyclic) bond motifs is 2. The summed E-state index contributed by atoms with van der Waals surface area (Å²) >= 11 is 0. The zero-order chi connectivity index (χ0) is 17.9. The van der Waals surface area contributed by atoms with Crippen molar-refractivity contribution >= 4 is 11.7 Å². The third kappa shape index (κ3) is 3.39. The van der Waals surface area contributed by atoms with Crippen LogP contribution in [0.4, 0.5) is 4.79 Å². The molecular formula is C21H25N3O2. The van der Waals surface area contributed by atoms with Crippen molar-refractivity contribution in [1.29, 1.82) is 0 Å². The zero-order valence-electron chi connectivity index (χ0n) is 15.2. The summed E-state index contributed by atoms with van der Waals surface area (Å²) in [6.07, 6.45) is 10.2. The Bertz CT molecular complexity index is 797. The molecule has 3 heterocycles. The number of piperidine rings is 1. The highest BCUT2D eigenvalue weighted by Crippen LogP contribution is 2.37.